The molecule has 2 aromatic carbocycles. The Labute approximate surface area is 217 Å². The topological polar surface area (TPSA) is 55.8 Å². The summed E-state index contributed by atoms with van der Waals surface area (Å²) in [5, 5.41) is 10.6. The van der Waals surface area contributed by atoms with Crippen molar-refractivity contribution in [2.45, 2.75) is 104 Å². The molecule has 1 fully saturated rings. The van der Waals surface area contributed by atoms with E-state index in [1.165, 1.54) is 16.7 Å². The molecule has 2 aromatic rings. The third-order valence-electron chi connectivity index (χ3n) is 8.18. The van der Waals surface area contributed by atoms with Crippen LogP contribution in [0.25, 0.3) is 6.08 Å². The first-order valence-corrected chi connectivity index (χ1v) is 13.7. The number of ether oxygens (including phenoxy) is 2. The van der Waals surface area contributed by atoms with Gasteiger partial charge in [0.05, 0.1) is 5.60 Å². The molecular weight excluding hydrogens is 448 g/mol. The van der Waals surface area contributed by atoms with E-state index in [1.54, 1.807) is 0 Å². The summed E-state index contributed by atoms with van der Waals surface area (Å²) in [4.78, 5) is 11.6. The molecule has 1 saturated heterocycles. The predicted octanol–water partition coefficient (Wildman–Crippen LogP) is 7.45. The van der Waals surface area contributed by atoms with E-state index in [2.05, 4.69) is 70.2 Å². The number of carbonyl (C=O) groups is 1. The van der Waals surface area contributed by atoms with Crippen molar-refractivity contribution in [3.63, 3.8) is 0 Å². The number of hydrogen-bond acceptors (Lipinski definition) is 4. The Kier molecular flexibility index (Phi) is 9.41. The van der Waals surface area contributed by atoms with Gasteiger partial charge in [0.1, 0.15) is 18.5 Å². The van der Waals surface area contributed by atoms with Gasteiger partial charge in [-0.1, -0.05) is 70.2 Å². The fraction of sp³-hybridized carbons (Fsp3) is 0.531. The third-order valence-corrected chi connectivity index (χ3v) is 8.18. The summed E-state index contributed by atoms with van der Waals surface area (Å²) in [5.41, 5.74) is 5.20. The van der Waals surface area contributed by atoms with Gasteiger partial charge in [0.2, 0.25) is 0 Å². The molecule has 1 N–H and O–H groups in total. The molecule has 0 bridgehead atoms. The predicted molar refractivity (Wildman–Crippen MR) is 148 cm³/mol. The van der Waals surface area contributed by atoms with Crippen molar-refractivity contribution in [1.82, 2.24) is 0 Å². The minimum absolute atomic E-state index is 0.0945. The van der Waals surface area contributed by atoms with Crippen molar-refractivity contribution in [2.24, 2.45) is 0 Å². The molecule has 36 heavy (non-hydrogen) atoms. The molecule has 196 valence electrons. The normalized spacial score (nSPS) is 16.9. The van der Waals surface area contributed by atoms with Gasteiger partial charge in [-0.25, -0.2) is 0 Å². The standard InChI is InChI=1S/C32H44O4/c1-7-31(34,8-2)19-18-25-14-15-26(20-23(25)5)32(9-3,10-4)27-16-17-29(24(6)21-27)35-22-28-12-11-13-30(33)36-28/h14-21,28,34H,7-13,22H2,1-6H3. The molecule has 1 unspecified atom stereocenters. The molecule has 0 aromatic heterocycles. The van der Waals surface area contributed by atoms with Crippen LogP contribution in [0.2, 0.25) is 0 Å². The monoisotopic (exact) mass is 492 g/mol. The summed E-state index contributed by atoms with van der Waals surface area (Å²) in [5.74, 6) is 0.721. The first kappa shape index (κ1) is 28.0. The van der Waals surface area contributed by atoms with Crippen molar-refractivity contribution in [3.8, 4) is 5.75 Å². The molecule has 0 radical (unpaired) electrons. The average molecular weight is 493 g/mol. The van der Waals surface area contributed by atoms with Crippen molar-refractivity contribution in [2.75, 3.05) is 6.61 Å². The quantitative estimate of drug-likeness (QED) is 0.331. The summed E-state index contributed by atoms with van der Waals surface area (Å²) in [7, 11) is 0. The minimum Gasteiger partial charge on any atom is -0.489 e. The summed E-state index contributed by atoms with van der Waals surface area (Å²) < 4.78 is 11.5. The second kappa shape index (κ2) is 12.1. The fourth-order valence-electron chi connectivity index (χ4n) is 5.31. The van der Waals surface area contributed by atoms with Crippen LogP contribution in [0.1, 0.15) is 100 Å². The van der Waals surface area contributed by atoms with E-state index in [-0.39, 0.29) is 17.5 Å². The zero-order valence-corrected chi connectivity index (χ0v) is 23.0. The van der Waals surface area contributed by atoms with E-state index in [9.17, 15) is 9.90 Å². The van der Waals surface area contributed by atoms with Crippen LogP contribution in [-0.2, 0) is 14.9 Å². The summed E-state index contributed by atoms with van der Waals surface area (Å²) in [6.07, 6.45) is 9.47. The van der Waals surface area contributed by atoms with Crippen LogP contribution in [0.4, 0.5) is 0 Å². The lowest BCUT2D eigenvalue weighted by Gasteiger charge is -2.34. The van der Waals surface area contributed by atoms with Gasteiger partial charge in [0, 0.05) is 11.8 Å². The number of carbonyl (C=O) groups excluding carboxylic acids is 1. The second-order valence-electron chi connectivity index (χ2n) is 10.3. The lowest BCUT2D eigenvalue weighted by atomic mass is 9.70. The highest BCUT2D eigenvalue weighted by atomic mass is 16.6. The molecule has 1 aliphatic heterocycles. The number of benzene rings is 2. The molecular formula is C32H44O4. The maximum absolute atomic E-state index is 11.6. The van der Waals surface area contributed by atoms with Crippen LogP contribution in [0, 0.1) is 13.8 Å². The van der Waals surface area contributed by atoms with Crippen molar-refractivity contribution >= 4 is 12.0 Å². The molecule has 0 amide bonds. The van der Waals surface area contributed by atoms with Gasteiger partial charge in [-0.05, 0) is 86.3 Å². The Hall–Kier alpha value is -2.59. The molecule has 3 rings (SSSR count). The molecule has 4 heteroatoms. The van der Waals surface area contributed by atoms with E-state index in [4.69, 9.17) is 9.47 Å². The molecule has 4 nitrogen and oxygen atoms in total. The van der Waals surface area contributed by atoms with Gasteiger partial charge in [-0.2, -0.15) is 0 Å². The van der Waals surface area contributed by atoms with Crippen molar-refractivity contribution < 1.29 is 19.4 Å². The Bertz CT molecular complexity index is 1060. The molecule has 0 spiro atoms. The first-order valence-electron chi connectivity index (χ1n) is 13.7. The maximum Gasteiger partial charge on any atom is 0.306 e. The van der Waals surface area contributed by atoms with Gasteiger partial charge in [0.15, 0.2) is 0 Å². The van der Waals surface area contributed by atoms with Crippen LogP contribution in [0.15, 0.2) is 42.5 Å². The van der Waals surface area contributed by atoms with Crippen LogP contribution in [0.3, 0.4) is 0 Å². The molecule has 1 heterocycles. The van der Waals surface area contributed by atoms with Gasteiger partial charge in [-0.3, -0.25) is 4.79 Å². The number of hydrogen-bond donors (Lipinski definition) is 1. The van der Waals surface area contributed by atoms with Crippen LogP contribution in [0.5, 0.6) is 5.75 Å². The van der Waals surface area contributed by atoms with E-state index in [0.717, 1.165) is 42.6 Å². The van der Waals surface area contributed by atoms with Crippen LogP contribution >= 0.6 is 0 Å². The highest BCUT2D eigenvalue weighted by Crippen LogP contribution is 2.41. The van der Waals surface area contributed by atoms with Gasteiger partial charge in [0.25, 0.3) is 0 Å². The van der Waals surface area contributed by atoms with Crippen molar-refractivity contribution in [3.05, 3.63) is 70.3 Å². The number of aliphatic hydroxyl groups is 1. The molecule has 0 saturated carbocycles. The maximum atomic E-state index is 11.6. The SMILES string of the molecule is CCC(O)(C=Cc1ccc(C(CC)(CC)c2ccc(OCC3CCCC(=O)O3)c(C)c2)cc1C)CC. The average Bonchev–Trinajstić information content (AvgIpc) is 2.88. The Morgan fingerprint density at radius 3 is 2.17 bits per heavy atom. The lowest BCUT2D eigenvalue weighted by Crippen LogP contribution is -2.29. The minimum atomic E-state index is -0.748. The van der Waals surface area contributed by atoms with E-state index < -0.39 is 5.60 Å². The third kappa shape index (κ3) is 6.21. The lowest BCUT2D eigenvalue weighted by molar-refractivity contribution is -0.155. The van der Waals surface area contributed by atoms with E-state index in [1.807, 2.05) is 19.9 Å². The number of cyclic esters (lactones) is 1. The summed E-state index contributed by atoms with van der Waals surface area (Å²) in [6.45, 7) is 13.2. The highest BCUT2D eigenvalue weighted by molar-refractivity contribution is 5.70. The van der Waals surface area contributed by atoms with Gasteiger partial charge < -0.3 is 14.6 Å². The van der Waals surface area contributed by atoms with Gasteiger partial charge >= 0.3 is 5.97 Å². The Morgan fingerprint density at radius 1 is 0.972 bits per heavy atom. The van der Waals surface area contributed by atoms with E-state index in [0.29, 0.717) is 25.9 Å². The zero-order chi connectivity index (χ0) is 26.3. The molecule has 0 aliphatic carbocycles. The highest BCUT2D eigenvalue weighted by Gasteiger charge is 2.31. The van der Waals surface area contributed by atoms with E-state index >= 15 is 0 Å². The summed E-state index contributed by atoms with van der Waals surface area (Å²) >= 11 is 0. The molecule has 1 atom stereocenters. The Balaban J connectivity index is 1.84. The van der Waals surface area contributed by atoms with Crippen molar-refractivity contribution in [1.29, 1.82) is 0 Å². The van der Waals surface area contributed by atoms with Gasteiger partial charge in [-0.15, -0.1) is 0 Å². The second-order valence-corrected chi connectivity index (χ2v) is 10.3. The number of rotatable bonds is 11. The number of esters is 1. The summed E-state index contributed by atoms with van der Waals surface area (Å²) in [6, 6.07) is 13.2. The smallest absolute Gasteiger partial charge is 0.306 e. The zero-order valence-electron chi connectivity index (χ0n) is 23.0. The molecule has 1 aliphatic rings. The number of aryl methyl sites for hydroxylation is 2. The Morgan fingerprint density at radius 2 is 1.61 bits per heavy atom. The van der Waals surface area contributed by atoms with Crippen LogP contribution in [-0.4, -0.2) is 29.4 Å². The fourth-order valence-corrected chi connectivity index (χ4v) is 5.31. The van der Waals surface area contributed by atoms with Crippen LogP contribution < -0.4 is 4.74 Å². The largest absolute Gasteiger partial charge is 0.489 e. The first-order chi connectivity index (χ1) is 17.2.